The van der Waals surface area contributed by atoms with Crippen molar-refractivity contribution in [2.24, 2.45) is 80.8 Å². The highest BCUT2D eigenvalue weighted by molar-refractivity contribution is 5.92. The smallest absolute Gasteiger partial charge is 0.358 e. The first-order valence-corrected chi connectivity index (χ1v) is 28.2. The van der Waals surface area contributed by atoms with Crippen LogP contribution >= 0.6 is 12.4 Å². The molecule has 0 radical (unpaired) electrons. The number of carbonyl (C=O) groups excluding carboxylic acids is 3. The minimum absolute atomic E-state index is 0. The van der Waals surface area contributed by atoms with Crippen LogP contribution in [0.3, 0.4) is 0 Å². The number of rotatable bonds is 8. The average molecular weight is 1040 g/mol. The van der Waals surface area contributed by atoms with E-state index in [2.05, 4.69) is 53.4 Å². The van der Waals surface area contributed by atoms with Gasteiger partial charge in [-0.1, -0.05) is 35.1 Å². The Bertz CT molecular complexity index is 2320. The van der Waals surface area contributed by atoms with Crippen molar-refractivity contribution in [2.45, 2.75) is 202 Å². The molecule has 2 saturated heterocycles. The topological polar surface area (TPSA) is 206 Å². The van der Waals surface area contributed by atoms with Crippen LogP contribution in [0.1, 0.15) is 198 Å². The number of aromatic carboxylic acids is 1. The Morgan fingerprint density at radius 3 is 1.37 bits per heavy atom. The van der Waals surface area contributed by atoms with Gasteiger partial charge in [0.15, 0.2) is 23.0 Å². The summed E-state index contributed by atoms with van der Waals surface area (Å²) in [6.07, 6.45) is 24.8. The van der Waals surface area contributed by atoms with E-state index in [-0.39, 0.29) is 78.8 Å². The lowest BCUT2D eigenvalue weighted by molar-refractivity contribution is -0.151. The summed E-state index contributed by atoms with van der Waals surface area (Å²) in [7, 11) is 0. The number of hydrogen-bond donors (Lipinski definition) is 4. The normalized spacial score (nSPS) is 42.7. The summed E-state index contributed by atoms with van der Waals surface area (Å²) in [5, 5.41) is 50.2. The predicted octanol–water partition coefficient (Wildman–Crippen LogP) is 9.10. The van der Waals surface area contributed by atoms with Crippen LogP contribution in [0, 0.1) is 80.8 Å². The molecule has 10 fully saturated rings. The van der Waals surface area contributed by atoms with E-state index < -0.39 is 17.2 Å². The Balaban J connectivity index is 0.000000177. The quantitative estimate of drug-likeness (QED) is 0.195. The molecule has 16 atom stereocenters. The van der Waals surface area contributed by atoms with Crippen molar-refractivity contribution in [2.75, 3.05) is 26.2 Å². The fourth-order valence-electron chi connectivity index (χ4n) is 18.2. The van der Waals surface area contributed by atoms with Crippen LogP contribution < -0.4 is 5.32 Å². The molecular weight excluding hydrogens is 944 g/mol. The summed E-state index contributed by atoms with van der Waals surface area (Å²) >= 11 is 0. The van der Waals surface area contributed by atoms with Crippen molar-refractivity contribution >= 4 is 35.9 Å². The summed E-state index contributed by atoms with van der Waals surface area (Å²) in [4.78, 5) is 54.8. The van der Waals surface area contributed by atoms with Gasteiger partial charge in [-0.15, -0.1) is 22.6 Å². The number of ketones is 2. The molecule has 408 valence electrons. The summed E-state index contributed by atoms with van der Waals surface area (Å²) in [6.45, 7) is 18.1. The molecule has 2 aromatic rings. The van der Waals surface area contributed by atoms with Gasteiger partial charge < -0.3 is 25.5 Å². The molecular formula is C57H91ClN8O7. The van der Waals surface area contributed by atoms with Crippen molar-refractivity contribution in [3.63, 3.8) is 0 Å². The average Bonchev–Trinajstić information content (AvgIpc) is 4.08. The second-order valence-electron chi connectivity index (χ2n) is 26.6. The Kier molecular flexibility index (Phi) is 16.0. The maximum absolute atomic E-state index is 13.6. The highest BCUT2D eigenvalue weighted by atomic mass is 35.5. The van der Waals surface area contributed by atoms with Gasteiger partial charge in [-0.3, -0.25) is 14.4 Å². The minimum Gasteiger partial charge on any atom is -0.476 e. The monoisotopic (exact) mass is 1030 g/mol. The molecule has 0 spiro atoms. The number of fused-ring (bicyclic) bond motifs is 10. The van der Waals surface area contributed by atoms with Gasteiger partial charge in [-0.2, -0.15) is 19.8 Å². The Hall–Kier alpha value is -3.27. The molecule has 8 saturated carbocycles. The molecule has 12 rings (SSSR count). The van der Waals surface area contributed by atoms with E-state index in [0.29, 0.717) is 57.9 Å². The number of Topliss-reactive ketones (excluding diaryl/α,β-unsaturated/α-hetero) is 2. The molecule has 2 aliphatic heterocycles. The van der Waals surface area contributed by atoms with Gasteiger partial charge in [0.2, 0.25) is 0 Å². The fraction of sp³-hybridized carbons (Fsp3) is 0.860. The van der Waals surface area contributed by atoms with Crippen LogP contribution in [0.5, 0.6) is 0 Å². The first-order chi connectivity index (χ1) is 33.6. The van der Waals surface area contributed by atoms with Gasteiger partial charge in [-0.25, -0.2) is 4.79 Å². The van der Waals surface area contributed by atoms with E-state index in [1.807, 2.05) is 13.8 Å². The summed E-state index contributed by atoms with van der Waals surface area (Å²) in [6, 6.07) is 0. The highest BCUT2D eigenvalue weighted by Crippen LogP contribution is 2.70. The third kappa shape index (κ3) is 10.3. The number of carbonyl (C=O) groups is 4. The largest absolute Gasteiger partial charge is 0.476 e. The SMILES string of the molecule is C.C1CNC1.C[C@@]1(O)CC[C@@]2(C)[C@H](CC[C@@H]3[C@@H]2CC[C@]2(C)[C@@H](C(=O)Cn4ncc(C(=O)N5CCC5)n4)CC[C@@H]32)C1.C[C@@]1(O)CC[C@@]2(C)[C@H](CC[C@@H]3[C@@H]2CC[C@]2(C)[C@@H](C(=O)Cn4ncc(C(=O)O)n4)CC[C@@H]32)C1.Cl. The molecule has 2 aromatic heterocycles. The standard InChI is InChI=1S/C28H42N4O3.C25H37N3O4.C3H7N.CH4.ClH/c1-26(35)11-12-27(2)18(15-26)5-6-19-20-7-8-22(28(20,3)10-9-21(19)27)24(33)17-32-29-16-23(30-32)25(34)31-13-4-14-31;1-23(32)10-11-24(2)15(12-23)4-5-16-17-6-7-19(25(17,3)9-8-18(16)24)21(29)14-28-26-13-20(27-28)22(30)31;1-2-4-3-1;;/h16,18-22,35H,4-15,17H2,1-3H3;13,15-19,32H,4-12,14H2,1-3H3,(H,30,31);4H,1-3H2;1H4;1H/t18-,19+,20+,21+,22-,26-,27+,28+;15-,16+,17+,18+,19-,23-,24+,25+;;;/m11.../s1. The second-order valence-corrected chi connectivity index (χ2v) is 26.6. The van der Waals surface area contributed by atoms with Crippen LogP contribution in [0.25, 0.3) is 0 Å². The Morgan fingerprint density at radius 2 is 0.986 bits per heavy atom. The van der Waals surface area contributed by atoms with Crippen LogP contribution in [0.15, 0.2) is 12.4 Å². The molecule has 4 heterocycles. The van der Waals surface area contributed by atoms with E-state index in [0.717, 1.165) is 102 Å². The first kappa shape index (κ1) is 55.9. The zero-order valence-corrected chi connectivity index (χ0v) is 45.1. The molecule has 0 aromatic carbocycles. The molecule has 16 heteroatoms. The maximum atomic E-state index is 13.6. The fourth-order valence-corrected chi connectivity index (χ4v) is 18.2. The zero-order valence-electron chi connectivity index (χ0n) is 44.3. The van der Waals surface area contributed by atoms with Gasteiger partial charge in [0.25, 0.3) is 5.91 Å². The third-order valence-electron chi connectivity index (χ3n) is 22.6. The number of aromatic nitrogens is 6. The van der Waals surface area contributed by atoms with Crippen LogP contribution in [-0.2, 0) is 22.7 Å². The molecule has 10 aliphatic rings. The summed E-state index contributed by atoms with van der Waals surface area (Å²) in [5.41, 5.74) is -0.0315. The number of halogens is 1. The Morgan fingerprint density at radius 1 is 0.575 bits per heavy atom. The van der Waals surface area contributed by atoms with Crippen molar-refractivity contribution in [3.05, 3.63) is 23.8 Å². The van der Waals surface area contributed by atoms with Crippen LogP contribution in [0.2, 0.25) is 0 Å². The van der Waals surface area contributed by atoms with Crippen LogP contribution in [-0.4, -0.2) is 111 Å². The van der Waals surface area contributed by atoms with Crippen molar-refractivity contribution in [3.8, 4) is 0 Å². The number of aliphatic hydroxyl groups is 2. The van der Waals surface area contributed by atoms with Gasteiger partial charge in [0, 0.05) is 24.9 Å². The number of nitrogens with zero attached hydrogens (tertiary/aromatic N) is 7. The molecule has 0 bridgehead atoms. The lowest BCUT2D eigenvalue weighted by Crippen LogP contribution is -2.55. The van der Waals surface area contributed by atoms with Crippen molar-refractivity contribution < 1.29 is 34.5 Å². The van der Waals surface area contributed by atoms with E-state index in [1.54, 1.807) is 4.90 Å². The van der Waals surface area contributed by atoms with Gasteiger partial charge in [0.1, 0.15) is 13.1 Å². The van der Waals surface area contributed by atoms with Crippen molar-refractivity contribution in [1.82, 2.24) is 40.2 Å². The molecule has 73 heavy (non-hydrogen) atoms. The lowest BCUT2D eigenvalue weighted by atomic mass is 9.44. The minimum atomic E-state index is -1.12. The van der Waals surface area contributed by atoms with E-state index in [4.69, 9.17) is 5.11 Å². The molecule has 4 N–H and O–H groups in total. The number of likely N-dealkylation sites (tertiary alicyclic amines) is 1. The molecule has 1 amide bonds. The lowest BCUT2D eigenvalue weighted by Gasteiger charge is -2.61. The predicted molar refractivity (Wildman–Crippen MR) is 281 cm³/mol. The van der Waals surface area contributed by atoms with E-state index >= 15 is 0 Å². The van der Waals surface area contributed by atoms with E-state index in [1.165, 1.54) is 80.0 Å². The number of nitrogens with one attached hydrogen (secondary N) is 1. The van der Waals surface area contributed by atoms with E-state index in [9.17, 15) is 29.4 Å². The zero-order chi connectivity index (χ0) is 50.3. The second kappa shape index (κ2) is 20.9. The van der Waals surface area contributed by atoms with Crippen LogP contribution in [0.4, 0.5) is 0 Å². The molecule has 8 aliphatic carbocycles. The van der Waals surface area contributed by atoms with Gasteiger partial charge >= 0.3 is 5.97 Å². The Labute approximate surface area is 441 Å². The third-order valence-corrected chi connectivity index (χ3v) is 22.6. The van der Waals surface area contributed by atoms with Gasteiger partial charge in [-0.05, 0) is 224 Å². The summed E-state index contributed by atoms with van der Waals surface area (Å²) in [5.74, 6) is 4.52. The van der Waals surface area contributed by atoms with Gasteiger partial charge in [0.05, 0.1) is 23.6 Å². The maximum Gasteiger partial charge on any atom is 0.358 e. The highest BCUT2D eigenvalue weighted by Gasteiger charge is 2.63. The van der Waals surface area contributed by atoms with Crippen molar-refractivity contribution in [1.29, 1.82) is 0 Å². The molecule has 0 unspecified atom stereocenters. The number of hydrogen-bond acceptors (Lipinski definition) is 11. The number of carboxylic acids is 1. The summed E-state index contributed by atoms with van der Waals surface area (Å²) < 4.78 is 0. The first-order valence-electron chi connectivity index (χ1n) is 28.2. The number of amides is 1. The number of carboxylic acid groups (broad SMARTS) is 1. The molecule has 15 nitrogen and oxygen atoms in total.